The number of nitrogens with one attached hydrogen (secondary N) is 1. The summed E-state index contributed by atoms with van der Waals surface area (Å²) in [6, 6.07) is 0. The van der Waals surface area contributed by atoms with E-state index < -0.39 is 10.0 Å². The van der Waals surface area contributed by atoms with Crippen molar-refractivity contribution in [2.45, 2.75) is 18.9 Å². The summed E-state index contributed by atoms with van der Waals surface area (Å²) < 4.78 is 31.3. The van der Waals surface area contributed by atoms with Crippen LogP contribution in [-0.4, -0.2) is 36.8 Å². The summed E-state index contributed by atoms with van der Waals surface area (Å²) in [4.78, 5) is 7.34. The molecule has 0 bridgehead atoms. The van der Waals surface area contributed by atoms with E-state index >= 15 is 0 Å². The van der Waals surface area contributed by atoms with Gasteiger partial charge < -0.3 is 4.74 Å². The highest BCUT2D eigenvalue weighted by atomic mass is 35.5. The standard InChI is InChI=1S/C9H11Cl2N3O3S/c10-8-7(9(11)13-5-12-8)14-18(15,16)4-6-2-1-3-17-6/h5-6,14H,1-4H2. The van der Waals surface area contributed by atoms with Gasteiger partial charge in [0.05, 0.1) is 11.9 Å². The maximum absolute atomic E-state index is 11.9. The van der Waals surface area contributed by atoms with Gasteiger partial charge in [0.2, 0.25) is 10.0 Å². The molecule has 1 N–H and O–H groups in total. The second kappa shape index (κ2) is 5.56. The molecule has 0 saturated carbocycles. The van der Waals surface area contributed by atoms with Gasteiger partial charge in [0, 0.05) is 6.61 Å². The predicted octanol–water partition coefficient (Wildman–Crippen LogP) is 1.70. The Morgan fingerprint density at radius 3 is 2.61 bits per heavy atom. The maximum atomic E-state index is 11.9. The molecule has 0 aromatic carbocycles. The third-order valence-corrected chi connectivity index (χ3v) is 4.34. The first-order valence-corrected chi connectivity index (χ1v) is 7.67. The van der Waals surface area contributed by atoms with Crippen molar-refractivity contribution >= 4 is 38.9 Å². The third-order valence-electron chi connectivity index (χ3n) is 2.44. The van der Waals surface area contributed by atoms with Crippen LogP contribution < -0.4 is 4.72 Å². The largest absolute Gasteiger partial charge is 0.377 e. The Morgan fingerprint density at radius 2 is 2.06 bits per heavy atom. The minimum Gasteiger partial charge on any atom is -0.377 e. The second-order valence-corrected chi connectivity index (χ2v) is 6.33. The Kier molecular flexibility index (Phi) is 4.26. The molecule has 100 valence electrons. The maximum Gasteiger partial charge on any atom is 0.235 e. The Balaban J connectivity index is 2.12. The minimum atomic E-state index is -3.59. The molecule has 2 rings (SSSR count). The van der Waals surface area contributed by atoms with Crippen LogP contribution in [0.25, 0.3) is 0 Å². The van der Waals surface area contributed by atoms with E-state index in [1.165, 1.54) is 0 Å². The number of aromatic nitrogens is 2. The molecule has 6 nitrogen and oxygen atoms in total. The zero-order valence-electron chi connectivity index (χ0n) is 9.27. The van der Waals surface area contributed by atoms with Crippen molar-refractivity contribution in [1.29, 1.82) is 0 Å². The van der Waals surface area contributed by atoms with Crippen LogP contribution in [0.4, 0.5) is 5.69 Å². The zero-order chi connectivity index (χ0) is 13.2. The van der Waals surface area contributed by atoms with Gasteiger partial charge in [-0.15, -0.1) is 0 Å². The predicted molar refractivity (Wildman–Crippen MR) is 68.4 cm³/mol. The van der Waals surface area contributed by atoms with Crippen molar-refractivity contribution in [2.75, 3.05) is 17.1 Å². The molecule has 1 atom stereocenters. The summed E-state index contributed by atoms with van der Waals surface area (Å²) in [6.45, 7) is 0.593. The van der Waals surface area contributed by atoms with Gasteiger partial charge in [-0.05, 0) is 12.8 Å². The molecular weight excluding hydrogens is 301 g/mol. The lowest BCUT2D eigenvalue weighted by Crippen LogP contribution is -2.26. The molecule has 0 spiro atoms. The number of hydrogen-bond acceptors (Lipinski definition) is 5. The van der Waals surface area contributed by atoms with Crippen molar-refractivity contribution in [3.63, 3.8) is 0 Å². The summed E-state index contributed by atoms with van der Waals surface area (Å²) in [5.74, 6) is -0.130. The van der Waals surface area contributed by atoms with Gasteiger partial charge in [-0.3, -0.25) is 4.72 Å². The summed E-state index contributed by atoms with van der Waals surface area (Å²) >= 11 is 11.5. The fraction of sp³-hybridized carbons (Fsp3) is 0.556. The smallest absolute Gasteiger partial charge is 0.235 e. The van der Waals surface area contributed by atoms with E-state index in [0.29, 0.717) is 6.61 Å². The van der Waals surface area contributed by atoms with Crippen LogP contribution in [0.15, 0.2) is 6.33 Å². The molecule has 9 heteroatoms. The monoisotopic (exact) mass is 311 g/mol. The number of nitrogens with zero attached hydrogens (tertiary/aromatic N) is 2. The summed E-state index contributed by atoms with van der Waals surface area (Å²) in [5, 5.41) is -0.0724. The van der Waals surface area contributed by atoms with Crippen LogP contribution in [-0.2, 0) is 14.8 Å². The molecule has 18 heavy (non-hydrogen) atoms. The van der Waals surface area contributed by atoms with Gasteiger partial charge in [-0.2, -0.15) is 0 Å². The SMILES string of the molecule is O=S(=O)(CC1CCCO1)Nc1c(Cl)ncnc1Cl. The number of sulfonamides is 1. The van der Waals surface area contributed by atoms with Crippen LogP contribution in [0.1, 0.15) is 12.8 Å². The lowest BCUT2D eigenvalue weighted by atomic mass is 10.3. The van der Waals surface area contributed by atoms with E-state index in [0.717, 1.165) is 19.2 Å². The van der Waals surface area contributed by atoms with E-state index in [-0.39, 0.29) is 27.9 Å². The van der Waals surface area contributed by atoms with Crippen molar-refractivity contribution < 1.29 is 13.2 Å². The molecule has 2 heterocycles. The molecule has 0 amide bonds. The molecule has 0 aliphatic carbocycles. The van der Waals surface area contributed by atoms with E-state index in [4.69, 9.17) is 27.9 Å². The zero-order valence-corrected chi connectivity index (χ0v) is 11.6. The average Bonchev–Trinajstić information content (AvgIpc) is 2.75. The van der Waals surface area contributed by atoms with Crippen molar-refractivity contribution in [3.8, 4) is 0 Å². The average molecular weight is 312 g/mol. The topological polar surface area (TPSA) is 81.2 Å². The fourth-order valence-corrected chi connectivity index (χ4v) is 3.51. The first-order valence-electron chi connectivity index (χ1n) is 5.26. The first kappa shape index (κ1) is 13.8. The van der Waals surface area contributed by atoms with Crippen LogP contribution in [0, 0.1) is 0 Å². The first-order chi connectivity index (χ1) is 8.48. The quantitative estimate of drug-likeness (QED) is 0.856. The highest BCUT2D eigenvalue weighted by molar-refractivity contribution is 7.92. The Labute approximate surface area is 115 Å². The molecule has 1 saturated heterocycles. The van der Waals surface area contributed by atoms with E-state index in [2.05, 4.69) is 14.7 Å². The van der Waals surface area contributed by atoms with Crippen LogP contribution >= 0.6 is 23.2 Å². The third kappa shape index (κ3) is 3.44. The molecule has 1 fully saturated rings. The molecule has 1 aliphatic heterocycles. The van der Waals surface area contributed by atoms with E-state index in [1.54, 1.807) is 0 Å². The molecule has 1 aliphatic rings. The van der Waals surface area contributed by atoms with Crippen LogP contribution in [0.3, 0.4) is 0 Å². The van der Waals surface area contributed by atoms with Gasteiger partial charge in [0.15, 0.2) is 10.3 Å². The molecule has 1 unspecified atom stereocenters. The Bertz CT molecular complexity index is 512. The summed E-state index contributed by atoms with van der Waals surface area (Å²) in [7, 11) is -3.59. The highest BCUT2D eigenvalue weighted by Gasteiger charge is 2.24. The van der Waals surface area contributed by atoms with Crippen molar-refractivity contribution in [2.24, 2.45) is 0 Å². The van der Waals surface area contributed by atoms with Gasteiger partial charge in [-0.1, -0.05) is 23.2 Å². The van der Waals surface area contributed by atoms with Gasteiger partial charge in [0.25, 0.3) is 0 Å². The van der Waals surface area contributed by atoms with Gasteiger partial charge in [-0.25, -0.2) is 18.4 Å². The normalized spacial score (nSPS) is 20.0. The molecule has 1 aromatic heterocycles. The number of hydrogen-bond donors (Lipinski definition) is 1. The number of rotatable bonds is 4. The second-order valence-electron chi connectivity index (χ2n) is 3.85. The van der Waals surface area contributed by atoms with Gasteiger partial charge in [0.1, 0.15) is 12.0 Å². The minimum absolute atomic E-state index is 0.00108. The molecule has 1 aromatic rings. The number of ether oxygens (including phenoxy) is 1. The lowest BCUT2D eigenvalue weighted by molar-refractivity contribution is 0.127. The van der Waals surface area contributed by atoms with Crippen LogP contribution in [0.5, 0.6) is 0 Å². The van der Waals surface area contributed by atoms with E-state index in [9.17, 15) is 8.42 Å². The lowest BCUT2D eigenvalue weighted by Gasteiger charge is -2.13. The Hall–Kier alpha value is -0.630. The summed E-state index contributed by atoms with van der Waals surface area (Å²) in [5.41, 5.74) is -0.00108. The summed E-state index contributed by atoms with van der Waals surface area (Å²) in [6.07, 6.45) is 2.47. The van der Waals surface area contributed by atoms with Crippen LogP contribution in [0.2, 0.25) is 10.3 Å². The van der Waals surface area contributed by atoms with Crippen molar-refractivity contribution in [3.05, 3.63) is 16.6 Å². The Morgan fingerprint density at radius 1 is 1.39 bits per heavy atom. The van der Waals surface area contributed by atoms with Crippen molar-refractivity contribution in [1.82, 2.24) is 9.97 Å². The van der Waals surface area contributed by atoms with E-state index in [1.807, 2.05) is 0 Å². The number of anilines is 1. The highest BCUT2D eigenvalue weighted by Crippen LogP contribution is 2.27. The number of halogens is 2. The molecule has 0 radical (unpaired) electrons. The van der Waals surface area contributed by atoms with Gasteiger partial charge >= 0.3 is 0 Å². The molecular formula is C9H11Cl2N3O3S. The fourth-order valence-electron chi connectivity index (χ4n) is 1.65.